The normalized spacial score (nSPS) is 18.1. The van der Waals surface area contributed by atoms with Crippen LogP contribution in [-0.2, 0) is 14.4 Å². The summed E-state index contributed by atoms with van der Waals surface area (Å²) in [6.07, 6.45) is -4.44. The van der Waals surface area contributed by atoms with Crippen LogP contribution in [0.4, 0.5) is 23.2 Å². The van der Waals surface area contributed by atoms with E-state index in [0.717, 1.165) is 17.9 Å². The molecule has 148 valence electrons. The first-order chi connectivity index (χ1) is 12.5. The summed E-state index contributed by atoms with van der Waals surface area (Å²) >= 11 is 5.63. The number of likely N-dealkylation sites (tertiary alicyclic amines) is 1. The summed E-state index contributed by atoms with van der Waals surface area (Å²) in [6, 6.07) is 1.44. The van der Waals surface area contributed by atoms with E-state index >= 15 is 0 Å². The van der Waals surface area contributed by atoms with E-state index in [4.69, 9.17) is 11.6 Å². The molecular weight excluding hydrogens is 394 g/mol. The Hall–Kier alpha value is -2.36. The molecule has 1 aliphatic heterocycles. The summed E-state index contributed by atoms with van der Waals surface area (Å²) in [5.74, 6) is -4.30. The van der Waals surface area contributed by atoms with Crippen LogP contribution in [0, 0.1) is 11.7 Å². The molecule has 0 unspecified atom stereocenters. The van der Waals surface area contributed by atoms with E-state index in [9.17, 15) is 31.9 Å². The van der Waals surface area contributed by atoms with Crippen LogP contribution in [0.15, 0.2) is 18.2 Å². The molecule has 27 heavy (non-hydrogen) atoms. The fourth-order valence-corrected chi connectivity index (χ4v) is 2.64. The molecule has 0 spiro atoms. The van der Waals surface area contributed by atoms with E-state index in [2.05, 4.69) is 5.32 Å². The fraction of sp³-hybridized carbons (Fsp3) is 0.438. The Morgan fingerprint density at radius 2 is 1.96 bits per heavy atom. The van der Waals surface area contributed by atoms with E-state index in [1.54, 1.807) is 5.32 Å². The average molecular weight is 410 g/mol. The van der Waals surface area contributed by atoms with Crippen molar-refractivity contribution in [1.29, 1.82) is 0 Å². The zero-order valence-electron chi connectivity index (χ0n) is 14.1. The maximum absolute atomic E-state index is 13.1. The second kappa shape index (κ2) is 8.12. The Labute approximate surface area is 156 Å². The SMILES string of the molecule is C[C@H](NC(=O)C(=O)N1CC[C@H](C(=O)Nc2ccc(F)c(Cl)c2)C1)C(F)(F)F. The molecule has 0 aliphatic carbocycles. The van der Waals surface area contributed by atoms with Gasteiger partial charge in [0.2, 0.25) is 5.91 Å². The van der Waals surface area contributed by atoms with Crippen molar-refractivity contribution in [3.63, 3.8) is 0 Å². The molecule has 1 heterocycles. The summed E-state index contributed by atoms with van der Waals surface area (Å²) in [4.78, 5) is 36.9. The van der Waals surface area contributed by atoms with Crippen LogP contribution >= 0.6 is 11.6 Å². The number of hydrogen-bond acceptors (Lipinski definition) is 3. The topological polar surface area (TPSA) is 78.5 Å². The molecule has 1 aliphatic rings. The van der Waals surface area contributed by atoms with Crippen molar-refractivity contribution in [3.8, 4) is 0 Å². The Balaban J connectivity index is 1.91. The minimum absolute atomic E-state index is 0.0505. The van der Waals surface area contributed by atoms with Gasteiger partial charge in [-0.25, -0.2) is 4.39 Å². The van der Waals surface area contributed by atoms with Crippen molar-refractivity contribution in [2.24, 2.45) is 5.92 Å². The van der Waals surface area contributed by atoms with Gasteiger partial charge >= 0.3 is 18.0 Å². The summed E-state index contributed by atoms with van der Waals surface area (Å²) < 4.78 is 50.5. The second-order valence-corrected chi connectivity index (χ2v) is 6.50. The Morgan fingerprint density at radius 1 is 1.30 bits per heavy atom. The smallest absolute Gasteiger partial charge is 0.336 e. The van der Waals surface area contributed by atoms with Gasteiger partial charge in [-0.2, -0.15) is 13.2 Å². The minimum Gasteiger partial charge on any atom is -0.336 e. The van der Waals surface area contributed by atoms with Gasteiger partial charge in [-0.15, -0.1) is 0 Å². The third kappa shape index (κ3) is 5.31. The number of nitrogens with one attached hydrogen (secondary N) is 2. The highest BCUT2D eigenvalue weighted by atomic mass is 35.5. The zero-order valence-corrected chi connectivity index (χ0v) is 14.8. The maximum Gasteiger partial charge on any atom is 0.408 e. The molecule has 1 aromatic rings. The number of alkyl halides is 3. The number of hydrogen-bond donors (Lipinski definition) is 2. The van der Waals surface area contributed by atoms with Crippen LogP contribution in [0.25, 0.3) is 0 Å². The number of nitrogens with zero attached hydrogens (tertiary/aromatic N) is 1. The van der Waals surface area contributed by atoms with Crippen molar-refractivity contribution in [1.82, 2.24) is 10.2 Å². The van der Waals surface area contributed by atoms with Gasteiger partial charge in [0, 0.05) is 18.8 Å². The van der Waals surface area contributed by atoms with Crippen LogP contribution in [-0.4, -0.2) is 47.9 Å². The number of amides is 3. The highest BCUT2D eigenvalue weighted by molar-refractivity contribution is 6.35. The average Bonchev–Trinajstić information content (AvgIpc) is 3.06. The van der Waals surface area contributed by atoms with Gasteiger partial charge in [0.05, 0.1) is 10.9 Å². The summed E-state index contributed by atoms with van der Waals surface area (Å²) in [5.41, 5.74) is 0.257. The summed E-state index contributed by atoms with van der Waals surface area (Å²) in [5, 5.41) is 3.93. The lowest BCUT2D eigenvalue weighted by atomic mass is 10.1. The molecular formula is C16H16ClF4N3O3. The van der Waals surface area contributed by atoms with Crippen molar-refractivity contribution in [3.05, 3.63) is 29.0 Å². The van der Waals surface area contributed by atoms with Gasteiger partial charge in [0.15, 0.2) is 0 Å². The number of carbonyl (C=O) groups excluding carboxylic acids is 3. The highest BCUT2D eigenvalue weighted by Gasteiger charge is 2.40. The molecule has 2 rings (SSSR count). The number of benzene rings is 1. The maximum atomic E-state index is 13.1. The molecule has 0 radical (unpaired) electrons. The Bertz CT molecular complexity index is 757. The predicted molar refractivity (Wildman–Crippen MR) is 88.4 cm³/mol. The van der Waals surface area contributed by atoms with E-state index in [-0.39, 0.29) is 30.2 Å². The molecule has 1 fully saturated rings. The first-order valence-electron chi connectivity index (χ1n) is 7.91. The number of anilines is 1. The lowest BCUT2D eigenvalue weighted by molar-refractivity contribution is -0.162. The first kappa shape index (κ1) is 20.9. The number of halogens is 5. The van der Waals surface area contributed by atoms with E-state index in [1.807, 2.05) is 0 Å². The zero-order chi connectivity index (χ0) is 20.4. The van der Waals surface area contributed by atoms with Crippen LogP contribution < -0.4 is 10.6 Å². The molecule has 2 atom stereocenters. The van der Waals surface area contributed by atoms with Gasteiger partial charge in [0.25, 0.3) is 0 Å². The number of rotatable bonds is 3. The highest BCUT2D eigenvalue weighted by Crippen LogP contribution is 2.23. The molecule has 0 bridgehead atoms. The number of carbonyl (C=O) groups is 3. The Kier molecular flexibility index (Phi) is 6.30. The van der Waals surface area contributed by atoms with Crippen molar-refractivity contribution in [2.45, 2.75) is 25.6 Å². The molecule has 2 N–H and O–H groups in total. The van der Waals surface area contributed by atoms with E-state index in [1.165, 1.54) is 12.1 Å². The van der Waals surface area contributed by atoms with E-state index < -0.39 is 41.7 Å². The standard InChI is InChI=1S/C16H16ClF4N3O3/c1-8(16(19,20)21)22-14(26)15(27)24-5-4-9(7-24)13(25)23-10-2-3-12(18)11(17)6-10/h2-3,6,8-9H,4-5,7H2,1H3,(H,22,26)(H,23,25)/t8-,9-/m0/s1. The van der Waals surface area contributed by atoms with Crippen LogP contribution in [0.2, 0.25) is 5.02 Å². The summed E-state index contributed by atoms with van der Waals surface area (Å²) in [7, 11) is 0. The third-order valence-electron chi connectivity index (χ3n) is 4.07. The second-order valence-electron chi connectivity index (χ2n) is 6.09. The fourth-order valence-electron chi connectivity index (χ4n) is 2.46. The molecule has 6 nitrogen and oxygen atoms in total. The van der Waals surface area contributed by atoms with Crippen LogP contribution in [0.3, 0.4) is 0 Å². The van der Waals surface area contributed by atoms with Gasteiger partial charge in [-0.05, 0) is 31.5 Å². The lowest BCUT2D eigenvalue weighted by Crippen LogP contribution is -2.49. The van der Waals surface area contributed by atoms with E-state index in [0.29, 0.717) is 0 Å². The molecule has 0 saturated carbocycles. The monoisotopic (exact) mass is 409 g/mol. The van der Waals surface area contributed by atoms with Crippen molar-refractivity contribution in [2.75, 3.05) is 18.4 Å². The van der Waals surface area contributed by atoms with Gasteiger partial charge in [-0.1, -0.05) is 11.6 Å². The molecule has 0 aromatic heterocycles. The molecule has 3 amide bonds. The molecule has 11 heteroatoms. The van der Waals surface area contributed by atoms with Crippen molar-refractivity contribution >= 4 is 35.0 Å². The van der Waals surface area contributed by atoms with Crippen LogP contribution in [0.1, 0.15) is 13.3 Å². The largest absolute Gasteiger partial charge is 0.408 e. The minimum atomic E-state index is -4.67. The van der Waals surface area contributed by atoms with Crippen LogP contribution in [0.5, 0.6) is 0 Å². The van der Waals surface area contributed by atoms with Crippen molar-refractivity contribution < 1.29 is 31.9 Å². The van der Waals surface area contributed by atoms with Gasteiger partial charge in [0.1, 0.15) is 11.9 Å². The molecule has 1 saturated heterocycles. The first-order valence-corrected chi connectivity index (χ1v) is 8.29. The lowest BCUT2D eigenvalue weighted by Gasteiger charge is -2.20. The Morgan fingerprint density at radius 3 is 2.56 bits per heavy atom. The summed E-state index contributed by atoms with van der Waals surface area (Å²) in [6.45, 7) is 0.654. The van der Waals surface area contributed by atoms with Gasteiger partial charge < -0.3 is 15.5 Å². The molecule has 1 aromatic carbocycles. The quantitative estimate of drug-likeness (QED) is 0.594. The predicted octanol–water partition coefficient (Wildman–Crippen LogP) is 2.33. The third-order valence-corrected chi connectivity index (χ3v) is 4.36. The van der Waals surface area contributed by atoms with Gasteiger partial charge in [-0.3, -0.25) is 14.4 Å².